The van der Waals surface area contributed by atoms with Gasteiger partial charge in [-0.05, 0) is 45.2 Å². The Labute approximate surface area is 137 Å². The number of nitrogens with one attached hydrogen (secondary N) is 1. The number of amides is 1. The summed E-state index contributed by atoms with van der Waals surface area (Å²) in [7, 11) is 0. The van der Waals surface area contributed by atoms with Crippen LogP contribution in [0, 0.1) is 6.92 Å². The molecule has 0 radical (unpaired) electrons. The van der Waals surface area contributed by atoms with E-state index in [2.05, 4.69) is 17.1 Å². The normalized spacial score (nSPS) is 21.3. The van der Waals surface area contributed by atoms with Gasteiger partial charge in [0.05, 0.1) is 11.7 Å². The zero-order valence-corrected chi connectivity index (χ0v) is 14.1. The number of carbonyl (C=O) groups excluding carboxylic acids is 1. The molecule has 124 valence electrons. The van der Waals surface area contributed by atoms with Crippen LogP contribution in [0.3, 0.4) is 0 Å². The highest BCUT2D eigenvalue weighted by atomic mass is 16.5. The second-order valence-electron chi connectivity index (χ2n) is 6.39. The molecule has 0 bridgehead atoms. The van der Waals surface area contributed by atoms with Gasteiger partial charge < -0.3 is 9.64 Å². The molecule has 1 fully saturated rings. The minimum absolute atomic E-state index is 0.161. The van der Waals surface area contributed by atoms with Crippen LogP contribution in [0.4, 0.5) is 0 Å². The van der Waals surface area contributed by atoms with Crippen LogP contribution in [-0.4, -0.2) is 39.7 Å². The van der Waals surface area contributed by atoms with Crippen molar-refractivity contribution in [2.24, 2.45) is 0 Å². The lowest BCUT2D eigenvalue weighted by molar-refractivity contribution is -0.132. The quantitative estimate of drug-likeness (QED) is 0.940. The van der Waals surface area contributed by atoms with Crippen LogP contribution < -0.4 is 4.74 Å². The molecular formula is C18H25N3O2. The molecule has 0 aliphatic heterocycles. The van der Waals surface area contributed by atoms with Crippen LogP contribution in [0.25, 0.3) is 10.9 Å². The number of aromatic amines is 1. The van der Waals surface area contributed by atoms with E-state index in [1.165, 1.54) is 0 Å². The average Bonchev–Trinajstić information content (AvgIpc) is 3.00. The lowest BCUT2D eigenvalue weighted by atomic mass is 9.91. The molecule has 5 heteroatoms. The molecule has 1 aromatic carbocycles. The molecule has 3 rings (SSSR count). The Bertz CT molecular complexity index is 695. The van der Waals surface area contributed by atoms with E-state index in [1.54, 1.807) is 6.92 Å². The summed E-state index contributed by atoms with van der Waals surface area (Å²) in [5, 5.41) is 8.18. The summed E-state index contributed by atoms with van der Waals surface area (Å²) < 4.78 is 6.29. The Kier molecular flexibility index (Phi) is 4.55. The number of ether oxygens (including phenoxy) is 1. The zero-order valence-electron chi connectivity index (χ0n) is 14.1. The molecule has 2 atom stereocenters. The van der Waals surface area contributed by atoms with Crippen LogP contribution in [-0.2, 0) is 4.79 Å². The Morgan fingerprint density at radius 1 is 1.43 bits per heavy atom. The fourth-order valence-corrected chi connectivity index (χ4v) is 3.69. The van der Waals surface area contributed by atoms with Crippen molar-refractivity contribution in [3.63, 3.8) is 0 Å². The minimum atomic E-state index is 0.161. The fourth-order valence-electron chi connectivity index (χ4n) is 3.69. The highest BCUT2D eigenvalue weighted by Crippen LogP contribution is 2.31. The number of hydrogen-bond donors (Lipinski definition) is 1. The van der Waals surface area contributed by atoms with Crippen molar-refractivity contribution in [3.8, 4) is 5.75 Å². The highest BCUT2D eigenvalue weighted by molar-refractivity contribution is 5.83. The highest BCUT2D eigenvalue weighted by Gasteiger charge is 2.28. The summed E-state index contributed by atoms with van der Waals surface area (Å²) in [4.78, 5) is 13.8. The Balaban J connectivity index is 1.73. The molecule has 0 saturated heterocycles. The van der Waals surface area contributed by atoms with Crippen LogP contribution in [0.5, 0.6) is 5.75 Å². The summed E-state index contributed by atoms with van der Waals surface area (Å²) in [6, 6.07) is 4.33. The van der Waals surface area contributed by atoms with Gasteiger partial charge in [0.25, 0.3) is 0 Å². The summed E-state index contributed by atoms with van der Waals surface area (Å²) >= 11 is 0. The molecule has 1 aliphatic rings. The summed E-state index contributed by atoms with van der Waals surface area (Å²) in [5.41, 5.74) is 2.15. The van der Waals surface area contributed by atoms with E-state index >= 15 is 0 Å². The van der Waals surface area contributed by atoms with Crippen molar-refractivity contribution in [1.82, 2.24) is 15.1 Å². The maximum atomic E-state index is 11.8. The molecule has 1 aliphatic carbocycles. The number of aryl methyl sites for hydroxylation is 1. The third-order valence-electron chi connectivity index (χ3n) is 4.92. The van der Waals surface area contributed by atoms with Gasteiger partial charge in [0.1, 0.15) is 11.9 Å². The second-order valence-corrected chi connectivity index (χ2v) is 6.39. The number of nitrogens with zero attached hydrogens (tertiary/aromatic N) is 2. The first kappa shape index (κ1) is 15.8. The first-order valence-corrected chi connectivity index (χ1v) is 8.46. The SMILES string of the molecule is CCN(C(C)=O)C1CCCC(Oc2ccc3[nH]ncc3c2C)C1. The molecule has 1 heterocycles. The van der Waals surface area contributed by atoms with E-state index in [-0.39, 0.29) is 12.0 Å². The number of aromatic nitrogens is 2. The predicted molar refractivity (Wildman–Crippen MR) is 90.6 cm³/mol. The fraction of sp³-hybridized carbons (Fsp3) is 0.556. The summed E-state index contributed by atoms with van der Waals surface area (Å²) in [6.07, 6.45) is 6.16. The van der Waals surface area contributed by atoms with E-state index in [9.17, 15) is 4.79 Å². The van der Waals surface area contributed by atoms with Gasteiger partial charge in [0.15, 0.2) is 0 Å². The molecule has 0 spiro atoms. The van der Waals surface area contributed by atoms with Gasteiger partial charge in [-0.3, -0.25) is 9.89 Å². The Morgan fingerprint density at radius 3 is 3.00 bits per heavy atom. The van der Waals surface area contributed by atoms with Crippen molar-refractivity contribution < 1.29 is 9.53 Å². The van der Waals surface area contributed by atoms with E-state index in [0.717, 1.165) is 54.4 Å². The van der Waals surface area contributed by atoms with E-state index in [0.29, 0.717) is 6.04 Å². The van der Waals surface area contributed by atoms with Crippen LogP contribution >= 0.6 is 0 Å². The number of hydrogen-bond acceptors (Lipinski definition) is 3. The maximum absolute atomic E-state index is 11.8. The van der Waals surface area contributed by atoms with Crippen molar-refractivity contribution in [2.45, 2.75) is 58.6 Å². The molecular weight excluding hydrogens is 290 g/mol. The van der Waals surface area contributed by atoms with Crippen molar-refractivity contribution >= 4 is 16.8 Å². The molecule has 5 nitrogen and oxygen atoms in total. The number of rotatable bonds is 4. The van der Waals surface area contributed by atoms with Crippen LogP contribution in [0.1, 0.15) is 45.1 Å². The van der Waals surface area contributed by atoms with E-state index < -0.39 is 0 Å². The van der Waals surface area contributed by atoms with Crippen molar-refractivity contribution in [1.29, 1.82) is 0 Å². The molecule has 2 unspecified atom stereocenters. The lowest BCUT2D eigenvalue weighted by Gasteiger charge is -2.36. The average molecular weight is 315 g/mol. The number of carbonyl (C=O) groups is 1. The number of benzene rings is 1. The minimum Gasteiger partial charge on any atom is -0.490 e. The maximum Gasteiger partial charge on any atom is 0.219 e. The van der Waals surface area contributed by atoms with Gasteiger partial charge in [0, 0.05) is 36.9 Å². The predicted octanol–water partition coefficient (Wildman–Crippen LogP) is 3.43. The first-order valence-electron chi connectivity index (χ1n) is 8.46. The molecule has 2 aromatic rings. The van der Waals surface area contributed by atoms with E-state index in [4.69, 9.17) is 4.74 Å². The van der Waals surface area contributed by atoms with Gasteiger partial charge in [-0.1, -0.05) is 0 Å². The van der Waals surface area contributed by atoms with E-state index in [1.807, 2.05) is 30.2 Å². The molecule has 1 aromatic heterocycles. The monoisotopic (exact) mass is 315 g/mol. The smallest absolute Gasteiger partial charge is 0.219 e. The molecule has 1 N–H and O–H groups in total. The van der Waals surface area contributed by atoms with Crippen molar-refractivity contribution in [2.75, 3.05) is 6.54 Å². The van der Waals surface area contributed by atoms with Gasteiger partial charge in [0.2, 0.25) is 5.91 Å². The van der Waals surface area contributed by atoms with Gasteiger partial charge >= 0.3 is 0 Å². The lowest BCUT2D eigenvalue weighted by Crippen LogP contribution is -2.43. The summed E-state index contributed by atoms with van der Waals surface area (Å²) in [5.74, 6) is 1.09. The first-order chi connectivity index (χ1) is 11.1. The second kappa shape index (κ2) is 6.60. The topological polar surface area (TPSA) is 58.2 Å². The summed E-state index contributed by atoms with van der Waals surface area (Å²) in [6.45, 7) is 6.54. The molecule has 1 saturated carbocycles. The molecule has 1 amide bonds. The van der Waals surface area contributed by atoms with Gasteiger partial charge in [-0.15, -0.1) is 0 Å². The zero-order chi connectivity index (χ0) is 16.4. The van der Waals surface area contributed by atoms with Crippen molar-refractivity contribution in [3.05, 3.63) is 23.9 Å². The third-order valence-corrected chi connectivity index (χ3v) is 4.92. The number of H-pyrrole nitrogens is 1. The molecule has 23 heavy (non-hydrogen) atoms. The number of fused-ring (bicyclic) bond motifs is 1. The van der Waals surface area contributed by atoms with Crippen LogP contribution in [0.2, 0.25) is 0 Å². The standard InChI is InChI=1S/C18H25N3O2/c1-4-21(13(3)22)14-6-5-7-15(10-14)23-18-9-8-17-16(12(18)2)11-19-20-17/h8-9,11,14-15H,4-7,10H2,1-3H3,(H,19,20). The van der Waals surface area contributed by atoms with Gasteiger partial charge in [-0.25, -0.2) is 0 Å². The van der Waals surface area contributed by atoms with Crippen LogP contribution in [0.15, 0.2) is 18.3 Å². The Hall–Kier alpha value is -2.04. The largest absolute Gasteiger partial charge is 0.490 e. The Morgan fingerprint density at radius 2 is 2.26 bits per heavy atom. The van der Waals surface area contributed by atoms with Gasteiger partial charge in [-0.2, -0.15) is 5.10 Å². The third kappa shape index (κ3) is 3.19.